The van der Waals surface area contributed by atoms with Crippen molar-refractivity contribution in [3.8, 4) is 0 Å². The van der Waals surface area contributed by atoms with Crippen molar-refractivity contribution in [2.45, 2.75) is 31.4 Å². The third-order valence-electron chi connectivity index (χ3n) is 6.19. The van der Waals surface area contributed by atoms with Gasteiger partial charge in [-0.2, -0.15) is 4.31 Å². The summed E-state index contributed by atoms with van der Waals surface area (Å²) in [6, 6.07) is 9.18. The Hall–Kier alpha value is -1.77. The summed E-state index contributed by atoms with van der Waals surface area (Å²) in [5.74, 6) is -0.328. The molecule has 2 atom stereocenters. The molecule has 2 amide bonds. The van der Waals surface area contributed by atoms with Crippen LogP contribution in [0.25, 0.3) is 0 Å². The first-order chi connectivity index (χ1) is 13.5. The van der Waals surface area contributed by atoms with Crippen LogP contribution in [-0.2, 0) is 25.4 Å². The van der Waals surface area contributed by atoms with Gasteiger partial charge < -0.3 is 0 Å². The number of carbonyl (C=O) groups is 2. The Morgan fingerprint density at radius 2 is 1.43 bits per heavy atom. The molecule has 2 saturated heterocycles. The first-order valence-electron chi connectivity index (χ1n) is 10.0. The summed E-state index contributed by atoms with van der Waals surface area (Å²) < 4.78 is 26.9. The van der Waals surface area contributed by atoms with E-state index in [1.807, 2.05) is 35.2 Å². The van der Waals surface area contributed by atoms with Crippen molar-refractivity contribution in [2.75, 3.05) is 32.8 Å². The highest BCUT2D eigenvalue weighted by atomic mass is 32.2. The molecule has 1 saturated carbocycles. The molecule has 1 aromatic rings. The van der Waals surface area contributed by atoms with E-state index in [0.717, 1.165) is 31.2 Å². The van der Waals surface area contributed by atoms with Gasteiger partial charge in [0.1, 0.15) is 0 Å². The zero-order valence-corrected chi connectivity index (χ0v) is 16.8. The van der Waals surface area contributed by atoms with Gasteiger partial charge in [0.15, 0.2) is 0 Å². The number of rotatable bonds is 5. The Morgan fingerprint density at radius 1 is 0.857 bits per heavy atom. The van der Waals surface area contributed by atoms with Crippen molar-refractivity contribution in [3.05, 3.63) is 35.9 Å². The van der Waals surface area contributed by atoms with Crippen LogP contribution < -0.4 is 0 Å². The third kappa shape index (κ3) is 3.86. The molecule has 28 heavy (non-hydrogen) atoms. The van der Waals surface area contributed by atoms with Crippen molar-refractivity contribution >= 4 is 21.8 Å². The van der Waals surface area contributed by atoms with E-state index in [-0.39, 0.29) is 36.1 Å². The van der Waals surface area contributed by atoms with Crippen LogP contribution in [0.2, 0.25) is 0 Å². The maximum Gasteiger partial charge on any atom is 0.234 e. The van der Waals surface area contributed by atoms with E-state index in [2.05, 4.69) is 0 Å². The number of hydrogen-bond donors (Lipinski definition) is 0. The lowest BCUT2D eigenvalue weighted by atomic mass is 9.81. The van der Waals surface area contributed by atoms with E-state index in [0.29, 0.717) is 26.2 Å². The summed E-state index contributed by atoms with van der Waals surface area (Å²) in [6.45, 7) is 2.12. The maximum absolute atomic E-state index is 12.7. The predicted molar refractivity (Wildman–Crippen MR) is 104 cm³/mol. The number of imide groups is 1. The number of likely N-dealkylation sites (tertiary alicyclic amines) is 1. The summed E-state index contributed by atoms with van der Waals surface area (Å²) in [4.78, 5) is 28.7. The third-order valence-corrected chi connectivity index (χ3v) is 8.04. The fourth-order valence-electron chi connectivity index (χ4n) is 4.60. The number of sulfonamides is 1. The van der Waals surface area contributed by atoms with E-state index in [1.54, 1.807) is 0 Å². The zero-order chi connectivity index (χ0) is 19.7. The van der Waals surface area contributed by atoms with Gasteiger partial charge in [0.05, 0.1) is 24.3 Å². The van der Waals surface area contributed by atoms with Crippen LogP contribution in [0.5, 0.6) is 0 Å². The quantitative estimate of drug-likeness (QED) is 0.690. The van der Waals surface area contributed by atoms with Crippen molar-refractivity contribution < 1.29 is 18.0 Å². The smallest absolute Gasteiger partial charge is 0.234 e. The van der Waals surface area contributed by atoms with Gasteiger partial charge in [-0.05, 0) is 18.4 Å². The molecule has 1 aliphatic carbocycles. The molecular weight excluding hydrogens is 378 g/mol. The van der Waals surface area contributed by atoms with E-state index in [4.69, 9.17) is 0 Å². The van der Waals surface area contributed by atoms with Crippen LogP contribution in [0.4, 0.5) is 0 Å². The molecule has 4 rings (SSSR count). The van der Waals surface area contributed by atoms with Crippen LogP contribution in [0, 0.1) is 11.8 Å². The topological polar surface area (TPSA) is 78.0 Å². The Morgan fingerprint density at radius 3 is 2.00 bits per heavy atom. The van der Waals surface area contributed by atoms with Gasteiger partial charge in [-0.1, -0.05) is 43.2 Å². The molecule has 1 aromatic carbocycles. The lowest BCUT2D eigenvalue weighted by Crippen LogP contribution is -2.52. The second-order valence-corrected chi connectivity index (χ2v) is 9.97. The van der Waals surface area contributed by atoms with Gasteiger partial charge in [0.2, 0.25) is 21.8 Å². The minimum Gasteiger partial charge on any atom is -0.283 e. The molecule has 152 valence electrons. The molecule has 0 radical (unpaired) electrons. The van der Waals surface area contributed by atoms with Crippen LogP contribution in [0.15, 0.2) is 30.3 Å². The summed E-state index contributed by atoms with van der Waals surface area (Å²) >= 11 is 0. The molecule has 0 N–H and O–H groups in total. The highest BCUT2D eigenvalue weighted by Crippen LogP contribution is 2.38. The fraction of sp³-hybridized carbons (Fsp3) is 0.600. The van der Waals surface area contributed by atoms with Gasteiger partial charge in [-0.3, -0.25) is 19.4 Å². The van der Waals surface area contributed by atoms with Crippen LogP contribution in [-0.4, -0.2) is 67.2 Å². The number of carbonyl (C=O) groups excluding carboxylic acids is 2. The Balaban J connectivity index is 1.33. The van der Waals surface area contributed by atoms with Gasteiger partial charge in [0, 0.05) is 26.2 Å². The molecule has 3 aliphatic rings. The second kappa shape index (κ2) is 7.93. The normalized spacial score (nSPS) is 27.2. The number of benzene rings is 1. The van der Waals surface area contributed by atoms with Crippen LogP contribution >= 0.6 is 0 Å². The molecular formula is C20H27N3O4S. The van der Waals surface area contributed by atoms with Crippen LogP contribution in [0.1, 0.15) is 31.2 Å². The largest absolute Gasteiger partial charge is 0.283 e. The predicted octanol–water partition coefficient (Wildman–Crippen LogP) is 1.27. The summed E-state index contributed by atoms with van der Waals surface area (Å²) in [6.07, 6.45) is 3.67. The minimum atomic E-state index is -3.37. The Labute approximate surface area is 166 Å². The molecule has 2 aliphatic heterocycles. The standard InChI is InChI=1S/C20H27N3O4S/c24-19-17-8-4-5-9-18(17)20(25)23(19)15-21-10-12-22(13-11-21)28(26,27)14-16-6-2-1-3-7-16/h1-3,6-7,17-18H,4-5,8-15H2/t17-,18-/m1/s1. The van der Waals surface area contributed by atoms with E-state index < -0.39 is 10.0 Å². The minimum absolute atomic E-state index is 0.000294. The molecule has 0 bridgehead atoms. The van der Waals surface area contributed by atoms with Crippen molar-refractivity contribution in [1.29, 1.82) is 0 Å². The lowest BCUT2D eigenvalue weighted by Gasteiger charge is -2.35. The van der Waals surface area contributed by atoms with Crippen LogP contribution in [0.3, 0.4) is 0 Å². The summed E-state index contributed by atoms with van der Waals surface area (Å²) in [5.41, 5.74) is 0.779. The van der Waals surface area contributed by atoms with Gasteiger partial charge in [-0.25, -0.2) is 8.42 Å². The van der Waals surface area contributed by atoms with E-state index >= 15 is 0 Å². The number of fused-ring (bicyclic) bond motifs is 1. The number of amides is 2. The molecule has 2 heterocycles. The first-order valence-corrected chi connectivity index (χ1v) is 11.7. The molecule has 0 unspecified atom stereocenters. The lowest BCUT2D eigenvalue weighted by molar-refractivity contribution is -0.142. The summed E-state index contributed by atoms with van der Waals surface area (Å²) in [5, 5.41) is 0. The highest BCUT2D eigenvalue weighted by Gasteiger charge is 2.48. The number of nitrogens with zero attached hydrogens (tertiary/aromatic N) is 3. The molecule has 7 nitrogen and oxygen atoms in total. The zero-order valence-electron chi connectivity index (χ0n) is 16.0. The van der Waals surface area contributed by atoms with Gasteiger partial charge >= 0.3 is 0 Å². The Kier molecular flexibility index (Phi) is 5.53. The summed E-state index contributed by atoms with van der Waals surface area (Å²) in [7, 11) is -3.37. The highest BCUT2D eigenvalue weighted by molar-refractivity contribution is 7.88. The Bertz CT molecular complexity index is 810. The molecule has 0 aromatic heterocycles. The second-order valence-electron chi connectivity index (χ2n) is 8.00. The average molecular weight is 406 g/mol. The maximum atomic E-state index is 12.7. The molecule has 0 spiro atoms. The molecule has 3 fully saturated rings. The molecule has 8 heteroatoms. The van der Waals surface area contributed by atoms with Gasteiger partial charge in [-0.15, -0.1) is 0 Å². The number of piperazine rings is 1. The van der Waals surface area contributed by atoms with Crippen molar-refractivity contribution in [2.24, 2.45) is 11.8 Å². The van der Waals surface area contributed by atoms with E-state index in [9.17, 15) is 18.0 Å². The van der Waals surface area contributed by atoms with E-state index in [1.165, 1.54) is 9.21 Å². The van der Waals surface area contributed by atoms with Crippen molar-refractivity contribution in [3.63, 3.8) is 0 Å². The first kappa shape index (κ1) is 19.5. The average Bonchev–Trinajstić information content (AvgIpc) is 2.94. The monoisotopic (exact) mass is 405 g/mol. The fourth-order valence-corrected chi connectivity index (χ4v) is 6.11. The van der Waals surface area contributed by atoms with Crippen molar-refractivity contribution in [1.82, 2.24) is 14.1 Å². The SMILES string of the molecule is O=C1[C@@H]2CCCC[C@H]2C(=O)N1CN1CCN(S(=O)(=O)Cc2ccccc2)CC1. The number of hydrogen-bond acceptors (Lipinski definition) is 5. The van der Waals surface area contributed by atoms with Gasteiger partial charge in [0.25, 0.3) is 0 Å².